The molecule has 2 aliphatic carbocycles. The molecule has 0 radical (unpaired) electrons. The van der Waals surface area contributed by atoms with Crippen molar-refractivity contribution >= 4 is 22.7 Å². The third-order valence-corrected chi connectivity index (χ3v) is 4.60. The van der Waals surface area contributed by atoms with Gasteiger partial charge in [-0.15, -0.1) is 0 Å². The van der Waals surface area contributed by atoms with Gasteiger partial charge in [0.05, 0.1) is 17.2 Å². The first-order valence-corrected chi connectivity index (χ1v) is 8.91. The minimum absolute atomic E-state index is 0.0622. The number of hydrogen-bond donors (Lipinski definition) is 2. The highest BCUT2D eigenvalue weighted by atomic mass is 32.2. The lowest BCUT2D eigenvalue weighted by Crippen LogP contribution is -2.36. The van der Waals surface area contributed by atoms with Crippen molar-refractivity contribution in [3.8, 4) is 11.1 Å². The summed E-state index contributed by atoms with van der Waals surface area (Å²) < 4.78 is 11.1. The summed E-state index contributed by atoms with van der Waals surface area (Å²) in [5, 5.41) is 23.0. The smallest absolute Gasteiger partial charge is 0.290 e. The Bertz CT molecular complexity index is 722. The zero-order valence-electron chi connectivity index (χ0n) is 13.6. The Morgan fingerprint density at radius 3 is 2.29 bits per heavy atom. The third kappa shape index (κ3) is 4.67. The number of pyridine rings is 1. The van der Waals surface area contributed by atoms with Gasteiger partial charge >= 0.3 is 0 Å². The molecular formula is C16H19N3O4S. The van der Waals surface area contributed by atoms with Crippen LogP contribution in [0.1, 0.15) is 12.6 Å². The van der Waals surface area contributed by atoms with Gasteiger partial charge in [0.15, 0.2) is 0 Å². The van der Waals surface area contributed by atoms with Gasteiger partial charge in [-0.05, 0) is 48.3 Å². The van der Waals surface area contributed by atoms with Gasteiger partial charge < -0.3 is 15.0 Å². The van der Waals surface area contributed by atoms with Crippen LogP contribution in [0.5, 0.6) is 0 Å². The quantitative estimate of drug-likeness (QED) is 0.416. The first kappa shape index (κ1) is 18.2. The largest absolute Gasteiger partial charge is 0.614 e. The van der Waals surface area contributed by atoms with Gasteiger partial charge in [0.1, 0.15) is 11.5 Å². The number of hydrogen-bond acceptors (Lipinski definition) is 6. The summed E-state index contributed by atoms with van der Waals surface area (Å²) in [5.74, 6) is 0.398. The summed E-state index contributed by atoms with van der Waals surface area (Å²) in [6.45, 7) is 3.19. The molecule has 0 bridgehead atoms. The summed E-state index contributed by atoms with van der Waals surface area (Å²) in [5.41, 5.74) is 2.05. The average molecular weight is 349 g/mol. The van der Waals surface area contributed by atoms with Gasteiger partial charge in [-0.1, -0.05) is 18.2 Å². The molecular weight excluding hydrogens is 330 g/mol. The van der Waals surface area contributed by atoms with E-state index in [1.807, 2.05) is 0 Å². The fourth-order valence-corrected chi connectivity index (χ4v) is 2.74. The van der Waals surface area contributed by atoms with E-state index in [0.29, 0.717) is 5.82 Å². The first-order valence-electron chi connectivity index (χ1n) is 7.29. The molecule has 128 valence electrons. The lowest BCUT2D eigenvalue weighted by atomic mass is 10.3. The number of benzene rings is 1. The second kappa shape index (κ2) is 7.61. The molecule has 2 aliphatic rings. The Morgan fingerprint density at radius 1 is 1.29 bits per heavy atom. The highest BCUT2D eigenvalue weighted by Crippen LogP contribution is 2.32. The van der Waals surface area contributed by atoms with Crippen molar-refractivity contribution in [1.82, 2.24) is 4.98 Å². The summed E-state index contributed by atoms with van der Waals surface area (Å²) in [6.07, 6.45) is 1.40. The van der Waals surface area contributed by atoms with Gasteiger partial charge in [0.2, 0.25) is 5.44 Å². The molecule has 0 fully saturated rings. The summed E-state index contributed by atoms with van der Waals surface area (Å²) in [4.78, 5) is 14.1. The molecule has 2 N–H and O–H groups in total. The van der Waals surface area contributed by atoms with E-state index in [2.05, 4.69) is 34.6 Å². The summed E-state index contributed by atoms with van der Waals surface area (Å²) in [6, 6.07) is 10.8. The Labute approximate surface area is 143 Å². The molecule has 0 aromatic carbocycles. The van der Waals surface area contributed by atoms with E-state index in [0.717, 1.165) is 0 Å². The second-order valence-electron chi connectivity index (χ2n) is 5.46. The standard InChI is InChI=1S/C10H15N3O4S.C6H4/c1-6-8(13(15)16)4-5-9(11-6)12-7(2)10(14)18(3)17;1-2-5-4-6(5)3-1/h4-5,7,10,14H,1-3H3,(H,11,12);1-4H/t7?,10?,18-;/m1./s1. The van der Waals surface area contributed by atoms with Gasteiger partial charge in [-0.3, -0.25) is 10.1 Å². The fraction of sp³-hybridized carbons (Fsp3) is 0.312. The van der Waals surface area contributed by atoms with Crippen LogP contribution in [-0.4, -0.2) is 37.3 Å². The molecule has 0 spiro atoms. The Morgan fingerprint density at radius 2 is 1.92 bits per heavy atom. The van der Waals surface area contributed by atoms with Crippen molar-refractivity contribution in [3.63, 3.8) is 0 Å². The van der Waals surface area contributed by atoms with Crippen LogP contribution in [0.25, 0.3) is 11.1 Å². The molecule has 0 amide bonds. The van der Waals surface area contributed by atoms with Gasteiger partial charge in [-0.2, -0.15) is 0 Å². The highest BCUT2D eigenvalue weighted by molar-refractivity contribution is 7.91. The number of aliphatic hydroxyl groups is 1. The molecule has 1 aromatic heterocycles. The molecule has 2 unspecified atom stereocenters. The van der Waals surface area contributed by atoms with Crippen LogP contribution in [0, 0.1) is 17.0 Å². The molecule has 0 saturated carbocycles. The van der Waals surface area contributed by atoms with Crippen LogP contribution in [0.15, 0.2) is 36.4 Å². The second-order valence-corrected chi connectivity index (χ2v) is 6.94. The van der Waals surface area contributed by atoms with Crippen LogP contribution < -0.4 is 5.32 Å². The number of nitrogens with zero attached hydrogens (tertiary/aromatic N) is 2. The number of fused-ring (bicyclic) bond motifs is 1. The Kier molecular flexibility index (Phi) is 5.76. The van der Waals surface area contributed by atoms with Crippen LogP contribution in [-0.2, 0) is 11.2 Å². The minimum Gasteiger partial charge on any atom is -0.614 e. The maximum atomic E-state index is 11.1. The Balaban J connectivity index is 0.000000282. The minimum atomic E-state index is -1.37. The monoisotopic (exact) mass is 349 g/mol. The number of anilines is 1. The summed E-state index contributed by atoms with van der Waals surface area (Å²) >= 11 is -1.37. The SMILES string of the molecule is Cc1nc(NC(C)C(O)[S@@+](C)[O-])ccc1[N+](=O)[O-].c1cc2cc-2c1. The van der Waals surface area contributed by atoms with Crippen molar-refractivity contribution in [2.24, 2.45) is 0 Å². The van der Waals surface area contributed by atoms with E-state index in [-0.39, 0.29) is 11.4 Å². The van der Waals surface area contributed by atoms with Gasteiger partial charge in [0.25, 0.3) is 5.69 Å². The predicted octanol–water partition coefficient (Wildman–Crippen LogP) is 2.46. The maximum absolute atomic E-state index is 11.1. The zero-order chi connectivity index (χ0) is 17.9. The van der Waals surface area contributed by atoms with Crippen molar-refractivity contribution in [1.29, 1.82) is 0 Å². The number of aliphatic hydroxyl groups excluding tert-OH is 1. The average Bonchev–Trinajstić information content (AvgIpc) is 3.12. The van der Waals surface area contributed by atoms with Crippen molar-refractivity contribution in [2.45, 2.75) is 25.3 Å². The van der Waals surface area contributed by atoms with E-state index in [1.165, 1.54) is 36.4 Å². The molecule has 3 rings (SSSR count). The lowest BCUT2D eigenvalue weighted by Gasteiger charge is -2.21. The lowest BCUT2D eigenvalue weighted by molar-refractivity contribution is -0.385. The first-order chi connectivity index (χ1) is 11.3. The number of aryl methyl sites for hydroxylation is 1. The van der Waals surface area contributed by atoms with Crippen LogP contribution in [0.4, 0.5) is 11.5 Å². The predicted molar refractivity (Wildman–Crippen MR) is 94.2 cm³/mol. The van der Waals surface area contributed by atoms with E-state index in [9.17, 15) is 19.8 Å². The number of nitrogens with one attached hydrogen (secondary N) is 1. The molecule has 8 heteroatoms. The molecule has 0 saturated heterocycles. The summed E-state index contributed by atoms with van der Waals surface area (Å²) in [7, 11) is 0. The van der Waals surface area contributed by atoms with E-state index < -0.39 is 27.6 Å². The topological polar surface area (TPSA) is 111 Å². The number of aromatic nitrogens is 1. The van der Waals surface area contributed by atoms with Crippen LogP contribution in [0.2, 0.25) is 0 Å². The third-order valence-electron chi connectivity index (χ3n) is 3.51. The van der Waals surface area contributed by atoms with Gasteiger partial charge in [-0.25, -0.2) is 4.98 Å². The molecule has 7 nitrogen and oxygen atoms in total. The molecule has 24 heavy (non-hydrogen) atoms. The zero-order valence-corrected chi connectivity index (χ0v) is 14.4. The molecule has 1 aromatic rings. The van der Waals surface area contributed by atoms with Crippen LogP contribution >= 0.6 is 0 Å². The van der Waals surface area contributed by atoms with Crippen molar-refractivity contribution in [3.05, 3.63) is 52.2 Å². The number of rotatable bonds is 5. The molecule has 0 aliphatic heterocycles. The fourth-order valence-electron chi connectivity index (χ4n) is 2.09. The van der Waals surface area contributed by atoms with E-state index in [4.69, 9.17) is 0 Å². The van der Waals surface area contributed by atoms with Crippen molar-refractivity contribution in [2.75, 3.05) is 11.6 Å². The van der Waals surface area contributed by atoms with Gasteiger partial charge in [0, 0.05) is 6.07 Å². The van der Waals surface area contributed by atoms with Crippen molar-refractivity contribution < 1.29 is 14.6 Å². The number of nitro groups is 1. The van der Waals surface area contributed by atoms with Crippen LogP contribution in [0.3, 0.4) is 0 Å². The Hall–Kier alpha value is -2.16. The van der Waals surface area contributed by atoms with E-state index >= 15 is 0 Å². The molecule has 1 heterocycles. The maximum Gasteiger partial charge on any atom is 0.290 e. The molecule has 3 atom stereocenters. The van der Waals surface area contributed by atoms with E-state index in [1.54, 1.807) is 6.92 Å². The normalized spacial score (nSPS) is 14.7. The highest BCUT2D eigenvalue weighted by Gasteiger charge is 2.23.